The molecule has 0 aliphatic carbocycles. The van der Waals surface area contributed by atoms with Crippen LogP contribution in [0.3, 0.4) is 0 Å². The van der Waals surface area contributed by atoms with E-state index in [0.717, 1.165) is 38.9 Å². The van der Waals surface area contributed by atoms with Crippen molar-refractivity contribution in [2.45, 2.75) is 68.9 Å². The summed E-state index contributed by atoms with van der Waals surface area (Å²) >= 11 is 6.44. The fourth-order valence-corrected chi connectivity index (χ4v) is 9.32. The number of likely N-dealkylation sites (tertiary alicyclic amines) is 1. The molecule has 4 aliphatic rings. The molecule has 8 rings (SSSR count). The van der Waals surface area contributed by atoms with E-state index in [1.165, 1.54) is 12.3 Å². The number of methoxy groups -OCH3 is 1. The average molecular weight is 789 g/mol. The van der Waals surface area contributed by atoms with Crippen molar-refractivity contribution >= 4 is 45.0 Å². The van der Waals surface area contributed by atoms with Crippen LogP contribution in [0.1, 0.15) is 39.0 Å². The predicted molar refractivity (Wildman–Crippen MR) is 207 cm³/mol. The first-order valence-electron chi connectivity index (χ1n) is 19.2. The lowest BCUT2D eigenvalue weighted by molar-refractivity contribution is -0.128. The number of rotatable bonds is 10. The molecule has 2 aromatic heterocycles. The summed E-state index contributed by atoms with van der Waals surface area (Å²) in [5, 5.41) is 10.9. The molecular weight excluding hydrogens is 745 g/mol. The van der Waals surface area contributed by atoms with Crippen molar-refractivity contribution in [2.75, 3.05) is 64.4 Å². The molecule has 4 saturated heterocycles. The molecule has 11 nitrogen and oxygen atoms in total. The van der Waals surface area contributed by atoms with E-state index in [1.54, 1.807) is 42.4 Å². The highest BCUT2D eigenvalue weighted by Crippen LogP contribution is 2.42. The number of fused-ring (bicyclic) bond motifs is 3. The van der Waals surface area contributed by atoms with Gasteiger partial charge in [-0.15, -0.1) is 0 Å². The first-order chi connectivity index (χ1) is 27.1. The highest BCUT2D eigenvalue weighted by atomic mass is 35.5. The normalized spacial score (nSPS) is 25.1. The fraction of sp³-hybridized carbons (Fsp3) is 0.488. The van der Waals surface area contributed by atoms with Crippen LogP contribution >= 0.6 is 11.6 Å². The van der Waals surface area contributed by atoms with Crippen LogP contribution in [0.2, 0.25) is 5.02 Å². The average Bonchev–Trinajstić information content (AvgIpc) is 3.92. The molecule has 4 aromatic rings. The topological polar surface area (TPSA) is 111 Å². The van der Waals surface area contributed by atoms with Gasteiger partial charge in [-0.25, -0.2) is 13.2 Å². The number of piperazine rings is 1. The monoisotopic (exact) mass is 788 g/mol. The molecule has 294 valence electrons. The smallest absolute Gasteiger partial charge is 0.319 e. The first kappa shape index (κ1) is 38.3. The Labute approximate surface area is 328 Å². The van der Waals surface area contributed by atoms with Gasteiger partial charge in [0.05, 0.1) is 40.6 Å². The van der Waals surface area contributed by atoms with E-state index in [2.05, 4.69) is 25.8 Å². The number of benzene rings is 2. The minimum absolute atomic E-state index is 0.0349. The van der Waals surface area contributed by atoms with Gasteiger partial charge >= 0.3 is 6.01 Å². The van der Waals surface area contributed by atoms with Gasteiger partial charge in [0.1, 0.15) is 35.6 Å². The number of alkyl halides is 1. The summed E-state index contributed by atoms with van der Waals surface area (Å²) < 4.78 is 58.1. The van der Waals surface area contributed by atoms with E-state index < -0.39 is 29.4 Å². The lowest BCUT2D eigenvalue weighted by Crippen LogP contribution is -2.55. The summed E-state index contributed by atoms with van der Waals surface area (Å²) in [5.41, 5.74) is -0.353. The number of ether oxygens (including phenoxy) is 2. The number of hydrogen-bond donors (Lipinski definition) is 0. The van der Waals surface area contributed by atoms with E-state index in [4.69, 9.17) is 26.1 Å². The molecule has 1 amide bonds. The molecule has 0 N–H and O–H groups in total. The zero-order chi connectivity index (χ0) is 39.1. The van der Waals surface area contributed by atoms with Crippen LogP contribution < -0.4 is 9.64 Å². The molecule has 2 aromatic carbocycles. The number of halogens is 4. The van der Waals surface area contributed by atoms with Crippen LogP contribution in [-0.4, -0.2) is 125 Å². The number of carbonyl (C=O) groups is 1. The molecule has 15 heteroatoms. The zero-order valence-electron chi connectivity index (χ0n) is 31.4. The SMILES string of the molecule is CO[C@@H]1CCN(C(C)/C=C/C(=O)N2CCN(c3nc(OC[C@@]45CCCN4C[C@H](F)C5)nc4c(F)c(-c5cccc6ccc(F)c(Cl)c56)ncc34)C[C@@H]2CC#N)C1. The van der Waals surface area contributed by atoms with Crippen molar-refractivity contribution in [3.63, 3.8) is 0 Å². The van der Waals surface area contributed by atoms with Crippen LogP contribution in [0.15, 0.2) is 48.7 Å². The maximum Gasteiger partial charge on any atom is 0.319 e. The molecule has 6 heterocycles. The molecule has 56 heavy (non-hydrogen) atoms. The minimum Gasteiger partial charge on any atom is -0.461 e. The molecule has 5 atom stereocenters. The number of nitrogens with zero attached hydrogens (tertiary/aromatic N) is 8. The molecule has 4 aliphatic heterocycles. The summed E-state index contributed by atoms with van der Waals surface area (Å²) in [6.45, 7) is 5.81. The number of amides is 1. The van der Waals surface area contributed by atoms with Crippen molar-refractivity contribution in [2.24, 2.45) is 0 Å². The van der Waals surface area contributed by atoms with E-state index in [1.807, 2.05) is 17.9 Å². The fourth-order valence-electron chi connectivity index (χ4n) is 9.04. The number of carbonyl (C=O) groups excluding carboxylic acids is 1. The number of nitriles is 1. The predicted octanol–water partition coefficient (Wildman–Crippen LogP) is 6.33. The largest absolute Gasteiger partial charge is 0.461 e. The van der Waals surface area contributed by atoms with Crippen molar-refractivity contribution < 1.29 is 27.4 Å². The highest BCUT2D eigenvalue weighted by Gasteiger charge is 2.49. The van der Waals surface area contributed by atoms with Crippen LogP contribution in [0.4, 0.5) is 19.0 Å². The van der Waals surface area contributed by atoms with E-state index in [9.17, 15) is 18.8 Å². The number of hydrogen-bond acceptors (Lipinski definition) is 10. The third kappa shape index (κ3) is 7.15. The molecule has 0 saturated carbocycles. The molecule has 0 radical (unpaired) electrons. The second kappa shape index (κ2) is 15.8. The van der Waals surface area contributed by atoms with E-state index in [-0.39, 0.29) is 66.4 Å². The Morgan fingerprint density at radius 2 is 2.00 bits per heavy atom. The summed E-state index contributed by atoms with van der Waals surface area (Å²) in [6, 6.07) is 9.63. The van der Waals surface area contributed by atoms with Crippen LogP contribution in [0.5, 0.6) is 6.01 Å². The Kier molecular flexibility index (Phi) is 10.8. The number of aromatic nitrogens is 3. The second-order valence-corrected chi connectivity index (χ2v) is 15.8. The van der Waals surface area contributed by atoms with Gasteiger partial charge in [-0.3, -0.25) is 19.6 Å². The Hall–Kier alpha value is -4.55. The lowest BCUT2D eigenvalue weighted by Gasteiger charge is -2.41. The quantitative estimate of drug-likeness (QED) is 0.169. The molecule has 4 fully saturated rings. The van der Waals surface area contributed by atoms with Crippen LogP contribution in [0.25, 0.3) is 32.9 Å². The first-order valence-corrected chi connectivity index (χ1v) is 19.6. The Morgan fingerprint density at radius 3 is 2.80 bits per heavy atom. The summed E-state index contributed by atoms with van der Waals surface area (Å²) in [6.07, 6.45) is 7.19. The number of anilines is 1. The zero-order valence-corrected chi connectivity index (χ0v) is 32.2. The Balaban J connectivity index is 1.13. The van der Waals surface area contributed by atoms with Gasteiger partial charge in [0.15, 0.2) is 5.82 Å². The molecule has 0 bridgehead atoms. The van der Waals surface area contributed by atoms with E-state index in [0.29, 0.717) is 47.1 Å². The second-order valence-electron chi connectivity index (χ2n) is 15.4. The minimum atomic E-state index is -0.965. The summed E-state index contributed by atoms with van der Waals surface area (Å²) in [5.74, 6) is -1.27. The van der Waals surface area contributed by atoms with Gasteiger partial charge in [0.25, 0.3) is 0 Å². The van der Waals surface area contributed by atoms with Crippen molar-refractivity contribution in [3.8, 4) is 23.3 Å². The molecule has 1 unspecified atom stereocenters. The van der Waals surface area contributed by atoms with Crippen molar-refractivity contribution in [1.82, 2.24) is 29.7 Å². The highest BCUT2D eigenvalue weighted by molar-refractivity contribution is 6.36. The Bertz CT molecular complexity index is 2220. The van der Waals surface area contributed by atoms with Gasteiger partial charge in [0.2, 0.25) is 5.91 Å². The van der Waals surface area contributed by atoms with Crippen molar-refractivity contribution in [3.05, 3.63) is 65.3 Å². The van der Waals surface area contributed by atoms with Gasteiger partial charge in [0, 0.05) is 82.1 Å². The van der Waals surface area contributed by atoms with Gasteiger partial charge in [-0.2, -0.15) is 15.2 Å². The maximum absolute atomic E-state index is 17.0. The summed E-state index contributed by atoms with van der Waals surface area (Å²) in [7, 11) is 1.71. The van der Waals surface area contributed by atoms with E-state index >= 15 is 4.39 Å². The van der Waals surface area contributed by atoms with Gasteiger partial charge < -0.3 is 19.3 Å². The van der Waals surface area contributed by atoms with Gasteiger partial charge in [-0.1, -0.05) is 41.9 Å². The molecule has 0 spiro atoms. The van der Waals surface area contributed by atoms with Crippen LogP contribution in [0, 0.1) is 23.0 Å². The lowest BCUT2D eigenvalue weighted by atomic mass is 9.95. The Morgan fingerprint density at radius 1 is 1.14 bits per heavy atom. The van der Waals surface area contributed by atoms with Crippen molar-refractivity contribution in [1.29, 1.82) is 5.26 Å². The van der Waals surface area contributed by atoms with Crippen LogP contribution in [-0.2, 0) is 9.53 Å². The maximum atomic E-state index is 17.0. The molecular formula is C41H44ClF3N8O3. The summed E-state index contributed by atoms with van der Waals surface area (Å²) in [4.78, 5) is 35.5. The third-order valence-electron chi connectivity index (χ3n) is 12.1. The van der Waals surface area contributed by atoms with Gasteiger partial charge in [-0.05, 0) is 44.2 Å². The number of pyridine rings is 1. The third-order valence-corrected chi connectivity index (χ3v) is 12.4. The standard InChI is InChI=1S/C41H44ClF3N8O3/c1-25(50-16-12-29(23-50)55-2)7-10-33(54)53-18-17-51(22-28(53)11-14-46)39-31-20-47-37(30-6-3-5-26-8-9-32(44)35(42)34(26)30)36(45)38(31)48-40(49-39)56-24-41-13-4-15-52(41)21-27(43)19-41/h3,5-10,20,25,27-29H,4,11-13,15-19,21-24H2,1-2H3/b10-7+/t25?,27-,28+,29-,41+/m1/s1.